The van der Waals surface area contributed by atoms with Crippen LogP contribution in [-0.4, -0.2) is 48.0 Å². The van der Waals surface area contributed by atoms with Gasteiger partial charge in [0, 0.05) is 18.6 Å². The molecule has 2 rings (SSSR count). The lowest BCUT2D eigenvalue weighted by Crippen LogP contribution is -3.00. The number of unbranched alkanes of at least 4 members (excludes halogenated alkanes) is 14. The minimum Gasteiger partial charge on any atom is -1.00 e. The summed E-state index contributed by atoms with van der Waals surface area (Å²) in [5.74, 6) is 0.102. The number of carbonyl (C=O) groups is 1. The number of halogens is 1. The van der Waals surface area contributed by atoms with Crippen molar-refractivity contribution in [1.82, 2.24) is 0 Å². The van der Waals surface area contributed by atoms with Crippen LogP contribution in [0.15, 0.2) is 48.9 Å². The van der Waals surface area contributed by atoms with E-state index in [2.05, 4.69) is 32.5 Å². The summed E-state index contributed by atoms with van der Waals surface area (Å²) < 4.78 is 3.75. The van der Waals surface area contributed by atoms with Crippen LogP contribution in [0.25, 0.3) is 5.73 Å². The number of allylic oxidation sites excluding steroid dienone is 4. The molecule has 1 N–H and O–H groups in total. The fourth-order valence-corrected chi connectivity index (χ4v) is 3.80. The van der Waals surface area contributed by atoms with Crippen LogP contribution in [0.5, 0.6) is 0 Å². The first-order chi connectivity index (χ1) is 17.1. The van der Waals surface area contributed by atoms with Crippen molar-refractivity contribution in [2.75, 3.05) is 19.6 Å². The Bertz CT molecular complexity index is 631. The Morgan fingerprint density at radius 2 is 1.03 bits per heavy atom. The maximum atomic E-state index is 11.0. The first-order valence-corrected chi connectivity index (χ1v) is 14.1. The highest BCUT2D eigenvalue weighted by molar-refractivity contribution is 5.81. The quantitative estimate of drug-likeness (QED) is 0.186. The lowest BCUT2D eigenvalue weighted by molar-refractivity contribution is -0.437. The topological polar surface area (TPSA) is 46.9 Å². The molecule has 0 aliphatic carbocycles. The molecular formula is C31H54ClN3O. The average molecular weight is 520 g/mol. The largest absolute Gasteiger partial charge is 1.00 e. The second-order valence-electron chi connectivity index (χ2n) is 9.50. The van der Waals surface area contributed by atoms with E-state index in [9.17, 15) is 4.79 Å². The Hall–Kier alpha value is -1.78. The summed E-state index contributed by atoms with van der Waals surface area (Å²) in [5, 5.41) is 0. The van der Waals surface area contributed by atoms with Crippen molar-refractivity contribution in [3.05, 3.63) is 54.6 Å². The predicted octanol–water partition coefficient (Wildman–Crippen LogP) is 5.44. The van der Waals surface area contributed by atoms with Gasteiger partial charge in [0.2, 0.25) is 0 Å². The average Bonchev–Trinajstić information content (AvgIpc) is 2.88. The van der Waals surface area contributed by atoms with Crippen LogP contribution in [0.3, 0.4) is 0 Å². The maximum absolute atomic E-state index is 11.0. The van der Waals surface area contributed by atoms with Crippen molar-refractivity contribution in [3.8, 4) is 0 Å². The van der Waals surface area contributed by atoms with Crippen LogP contribution < -0.4 is 12.4 Å². The van der Waals surface area contributed by atoms with Gasteiger partial charge in [0.1, 0.15) is 19.2 Å². The molecule has 0 aromatic heterocycles. The third kappa shape index (κ3) is 28.5. The summed E-state index contributed by atoms with van der Waals surface area (Å²) in [6.07, 6.45) is 36.9. The molecule has 2 heterocycles. The molecule has 0 saturated heterocycles. The number of carbonyl (C=O) groups excluding carboxylic acids is 1. The lowest BCUT2D eigenvalue weighted by Gasteiger charge is -2.04. The molecular weight excluding hydrogens is 466 g/mol. The Kier molecular flexibility index (Phi) is 29.8. The molecule has 36 heavy (non-hydrogen) atoms. The van der Waals surface area contributed by atoms with E-state index in [1.54, 1.807) is 0 Å². The van der Waals surface area contributed by atoms with E-state index in [1.165, 1.54) is 89.9 Å². The zero-order chi connectivity index (χ0) is 25.8. The van der Waals surface area contributed by atoms with Crippen molar-refractivity contribution in [2.45, 2.75) is 110 Å². The van der Waals surface area contributed by atoms with E-state index >= 15 is 0 Å². The van der Waals surface area contributed by atoms with E-state index < -0.39 is 0 Å². The van der Waals surface area contributed by atoms with Crippen LogP contribution in [0, 0.1) is 0 Å². The number of nitrogens with zero attached hydrogens (tertiary/aromatic N) is 2. The molecule has 206 valence electrons. The van der Waals surface area contributed by atoms with Crippen LogP contribution >= 0.6 is 0 Å². The minimum absolute atomic E-state index is 0. The van der Waals surface area contributed by atoms with Crippen molar-refractivity contribution in [3.63, 3.8) is 0 Å². The Morgan fingerprint density at radius 3 is 1.28 bits per heavy atom. The van der Waals surface area contributed by atoms with E-state index in [0.29, 0.717) is 6.42 Å². The second-order valence-corrected chi connectivity index (χ2v) is 9.50. The molecule has 5 heteroatoms. The van der Waals surface area contributed by atoms with E-state index in [-0.39, 0.29) is 24.7 Å². The molecule has 0 spiro atoms. The zero-order valence-corrected chi connectivity index (χ0v) is 23.9. The predicted molar refractivity (Wildman–Crippen MR) is 155 cm³/mol. The SMILES string of the molecule is C=[N+]1C=CC=CC1.C=[N+]1C=CC=CC1.CCCCCCCCCCCCCCCCCC(=O)C[NH-].[Cl-]. The summed E-state index contributed by atoms with van der Waals surface area (Å²) in [4.78, 5) is 11.0. The normalized spacial score (nSPS) is 13.4. The fraction of sp³-hybridized carbons (Fsp3) is 0.645. The molecule has 0 amide bonds. The van der Waals surface area contributed by atoms with Crippen molar-refractivity contribution in [1.29, 1.82) is 0 Å². The molecule has 0 fully saturated rings. The third-order valence-corrected chi connectivity index (χ3v) is 6.02. The van der Waals surface area contributed by atoms with E-state index in [4.69, 9.17) is 5.73 Å². The van der Waals surface area contributed by atoms with E-state index in [0.717, 1.165) is 19.5 Å². The Morgan fingerprint density at radius 1 is 0.667 bits per heavy atom. The van der Waals surface area contributed by atoms with Gasteiger partial charge >= 0.3 is 0 Å². The van der Waals surface area contributed by atoms with Gasteiger partial charge in [-0.2, -0.15) is 0 Å². The molecule has 0 radical (unpaired) electrons. The van der Waals surface area contributed by atoms with E-state index in [1.807, 2.05) is 45.9 Å². The first kappa shape index (κ1) is 36.4. The Balaban J connectivity index is 0. The summed E-state index contributed by atoms with van der Waals surface area (Å²) >= 11 is 0. The van der Waals surface area contributed by atoms with Crippen LogP contribution in [0.2, 0.25) is 0 Å². The summed E-state index contributed by atoms with van der Waals surface area (Å²) in [7, 11) is 0. The van der Waals surface area contributed by atoms with Gasteiger partial charge in [0.25, 0.3) is 0 Å². The van der Waals surface area contributed by atoms with Crippen molar-refractivity contribution in [2.24, 2.45) is 0 Å². The molecule has 0 aromatic rings. The lowest BCUT2D eigenvalue weighted by atomic mass is 10.0. The van der Waals surface area contributed by atoms with Crippen LogP contribution in [0.1, 0.15) is 110 Å². The standard InChI is InChI=1S/C19H38NO.2C6H8N.ClH/c1-2-3-4-5-6-7-8-9-10-11-12-13-14-15-16-17-19(21)18-20;2*1-7-5-3-2-4-6-7;/h20H,2-18H2,1H3;2*2-5H,1,6H2;1H/q-1;2*+1;/p-1. The number of hydrogen-bond donors (Lipinski definition) is 0. The molecule has 0 bridgehead atoms. The minimum atomic E-state index is -0.0292. The summed E-state index contributed by atoms with van der Waals surface area (Å²) in [6, 6.07) is 0. The molecule has 0 atom stereocenters. The molecule has 0 unspecified atom stereocenters. The fourth-order valence-electron chi connectivity index (χ4n) is 3.80. The van der Waals surface area contributed by atoms with Gasteiger partial charge in [-0.3, -0.25) is 0 Å². The first-order valence-electron chi connectivity index (χ1n) is 14.1. The van der Waals surface area contributed by atoms with Crippen molar-refractivity contribution < 1.29 is 26.4 Å². The molecule has 0 saturated carbocycles. The molecule has 0 aromatic carbocycles. The van der Waals surface area contributed by atoms with Gasteiger partial charge in [-0.25, -0.2) is 9.15 Å². The number of nitrogens with one attached hydrogen (secondary N) is 1. The maximum Gasteiger partial charge on any atom is 0.168 e. The highest BCUT2D eigenvalue weighted by atomic mass is 35.5. The Labute approximate surface area is 229 Å². The van der Waals surface area contributed by atoms with Gasteiger partial charge in [0.05, 0.1) is 0 Å². The number of hydrogen-bond acceptors (Lipinski definition) is 1. The smallest absolute Gasteiger partial charge is 0.168 e. The third-order valence-electron chi connectivity index (χ3n) is 6.02. The number of ketones is 1. The molecule has 4 nitrogen and oxygen atoms in total. The zero-order valence-electron chi connectivity index (χ0n) is 23.1. The summed E-state index contributed by atoms with van der Waals surface area (Å²) in [6.45, 7) is 11.5. The summed E-state index contributed by atoms with van der Waals surface area (Å²) in [5.41, 5.74) is 6.94. The number of Topliss-reactive ketones (excluding diaryl/α,β-unsaturated/α-hetero) is 1. The number of rotatable bonds is 17. The van der Waals surface area contributed by atoms with Crippen molar-refractivity contribution >= 4 is 19.2 Å². The highest BCUT2D eigenvalue weighted by Gasteiger charge is 1.96. The van der Waals surface area contributed by atoms with Gasteiger partial charge in [-0.05, 0) is 18.6 Å². The van der Waals surface area contributed by atoms with Gasteiger partial charge in [0.15, 0.2) is 25.5 Å². The molecule has 2 aliphatic heterocycles. The van der Waals surface area contributed by atoms with Gasteiger partial charge in [-0.1, -0.05) is 116 Å². The highest BCUT2D eigenvalue weighted by Crippen LogP contribution is 2.13. The monoisotopic (exact) mass is 519 g/mol. The van der Waals surface area contributed by atoms with Crippen LogP contribution in [-0.2, 0) is 4.79 Å². The van der Waals surface area contributed by atoms with Gasteiger partial charge < -0.3 is 22.9 Å². The van der Waals surface area contributed by atoms with Crippen LogP contribution in [0.4, 0.5) is 0 Å². The second kappa shape index (κ2) is 29.5. The molecule has 2 aliphatic rings. The van der Waals surface area contributed by atoms with Gasteiger partial charge in [-0.15, -0.1) is 0 Å².